The Balaban J connectivity index is 2.02. The largest absolute Gasteiger partial charge is 0.481 e. The predicted octanol–water partition coefficient (Wildman–Crippen LogP) is 1.05. The number of amides is 13. The van der Waals surface area contributed by atoms with Crippen molar-refractivity contribution in [2.45, 2.75) is 279 Å². The summed E-state index contributed by atoms with van der Waals surface area (Å²) >= 11 is 0. The summed E-state index contributed by atoms with van der Waals surface area (Å²) in [6.07, 6.45) is -0.667. The summed E-state index contributed by atoms with van der Waals surface area (Å²) < 4.78 is 5.95. The number of hydrogen-bond acceptors (Lipinski definition) is 18. The quantitative estimate of drug-likeness (QED) is 0.0333. The number of cyclic esters (lactones) is 1. The molecule has 0 aromatic heterocycles. The van der Waals surface area contributed by atoms with E-state index in [0.717, 1.165) is 6.42 Å². The first-order valence-electron chi connectivity index (χ1n) is 37.7. The highest BCUT2D eigenvalue weighted by Gasteiger charge is 2.44. The molecule has 0 radical (unpaired) electrons. The fourth-order valence-electron chi connectivity index (χ4n) is 12.2. The van der Waals surface area contributed by atoms with Gasteiger partial charge in [-0.15, -0.1) is 0 Å². The smallest absolute Gasteiger partial charge is 0.329 e. The van der Waals surface area contributed by atoms with Crippen LogP contribution in [0.2, 0.25) is 0 Å². The van der Waals surface area contributed by atoms with Crippen molar-refractivity contribution in [3.63, 3.8) is 0 Å². The van der Waals surface area contributed by atoms with Crippen LogP contribution in [0.15, 0.2) is 42.1 Å². The summed E-state index contributed by atoms with van der Waals surface area (Å²) in [6, 6.07) is -8.66. The highest BCUT2D eigenvalue weighted by atomic mass is 16.5. The number of nitrogens with one attached hydrogen (secondary N) is 12. The van der Waals surface area contributed by atoms with Crippen molar-refractivity contribution in [1.29, 1.82) is 0 Å². The number of aliphatic hydroxyl groups excluding tert-OH is 1. The Kier molecular flexibility index (Phi) is 38.7. The molecular weight excluding hydrogens is 1380 g/mol. The molecule has 1 aromatic carbocycles. The normalized spacial score (nSPS) is 22.3. The van der Waals surface area contributed by atoms with E-state index in [-0.39, 0.29) is 63.7 Å². The van der Waals surface area contributed by atoms with Crippen LogP contribution in [0.25, 0.3) is 0 Å². The number of rotatable bonds is 35. The molecule has 2 aliphatic heterocycles. The fraction of sp³-hybridized carbons (Fsp3) is 0.693. The van der Waals surface area contributed by atoms with Crippen molar-refractivity contribution < 1.29 is 86.9 Å². The van der Waals surface area contributed by atoms with Gasteiger partial charge in [0.05, 0.1) is 6.10 Å². The zero-order valence-electron chi connectivity index (χ0n) is 65.4. The number of aliphatic carboxylic acids is 1. The van der Waals surface area contributed by atoms with Crippen molar-refractivity contribution >= 4 is 88.7 Å². The average Bonchev–Trinajstić information content (AvgIpc) is 1.74. The van der Waals surface area contributed by atoms with Gasteiger partial charge in [-0.25, -0.2) is 4.79 Å². The second-order valence-electron chi connectivity index (χ2n) is 29.9. The Bertz CT molecular complexity index is 3250. The molecule has 0 spiro atoms. The van der Waals surface area contributed by atoms with Crippen LogP contribution in [0.5, 0.6) is 0 Å². The van der Waals surface area contributed by atoms with Crippen molar-refractivity contribution in [3.05, 3.63) is 47.7 Å². The number of benzene rings is 1. The summed E-state index contributed by atoms with van der Waals surface area (Å²) in [5.41, 5.74) is 6.30. The van der Waals surface area contributed by atoms with Gasteiger partial charge in [-0.1, -0.05) is 153 Å². The molecule has 2 saturated heterocycles. The highest BCUT2D eigenvalue weighted by Crippen LogP contribution is 2.23. The number of carbonyl (C=O) groups is 15. The number of esters is 1. The lowest BCUT2D eigenvalue weighted by molar-refractivity contribution is -0.157. The standard InChI is InChI=1S/C75H122N14O18/c1-18-43(14)59(71(102)88-62-46(17)107-75(106)58(42(12)13)84-63(94)48(20-3)77-66(97)51(37-47-28-22-21-23-29-47)80-68(99)56(40(8)9)82-70(101)60(44(15)19-2)86-73(62)104)85-64(95)49(30-25-35-76)78-67(98)52-31-26-36-89(52)74(105)57(41(10)11)83-65(96)50(33-34-54(92)93)79-72(103)61(45(16)90)87-69(100)55(39(6)7)81-53(91)32-24-27-38(4)5/h20-23,28-29,38-46,49-52,55-62,90H,18-19,24-27,30-37,76H2,1-17H3,(H,77,97)(H,78,98)(H,79,103)(H,80,99)(H,81,91)(H,82,101)(H,83,96)(H,84,94)(H,85,95)(H,86,104)(H,87,100)(H,88,102)(H,92,93)/b48-20-/t43-,44-,45-,46+,49+,50+,51+,52-,55-,56-,57-,58+,59-,60-,61+,62-/m1/s1. The molecule has 16 N–H and O–H groups in total. The summed E-state index contributed by atoms with van der Waals surface area (Å²) in [7, 11) is 0. The van der Waals surface area contributed by atoms with Crippen LogP contribution in [-0.4, -0.2) is 202 Å². The second-order valence-corrected chi connectivity index (χ2v) is 29.9. The number of nitrogens with two attached hydrogens (primary N) is 1. The van der Waals surface area contributed by atoms with Crippen LogP contribution in [0.1, 0.15) is 194 Å². The molecule has 3 rings (SSSR count). The molecule has 2 fully saturated rings. The Hall–Kier alpha value is -9.07. The van der Waals surface area contributed by atoms with Crippen molar-refractivity contribution in [3.8, 4) is 0 Å². The minimum absolute atomic E-state index is 0.00296. The van der Waals surface area contributed by atoms with Crippen LogP contribution in [0.3, 0.4) is 0 Å². The number of carboxylic acid groups (broad SMARTS) is 1. The van der Waals surface area contributed by atoms with Gasteiger partial charge in [-0.2, -0.15) is 0 Å². The number of carbonyl (C=O) groups excluding carboxylic acids is 14. The number of ether oxygens (including phenoxy) is 1. The van der Waals surface area contributed by atoms with E-state index in [4.69, 9.17) is 10.5 Å². The Morgan fingerprint density at radius 3 is 1.73 bits per heavy atom. The van der Waals surface area contributed by atoms with Gasteiger partial charge in [0.2, 0.25) is 70.9 Å². The Morgan fingerprint density at radius 1 is 0.617 bits per heavy atom. The van der Waals surface area contributed by atoms with Gasteiger partial charge < -0.3 is 89.4 Å². The first-order chi connectivity index (χ1) is 50.2. The van der Waals surface area contributed by atoms with E-state index in [9.17, 15) is 72.5 Å². The zero-order chi connectivity index (χ0) is 80.9. The van der Waals surface area contributed by atoms with Gasteiger partial charge in [0.25, 0.3) is 5.91 Å². The third kappa shape index (κ3) is 28.9. The lowest BCUT2D eigenvalue weighted by atomic mass is 9.95. The molecule has 2 heterocycles. The first kappa shape index (κ1) is 92.1. The maximum atomic E-state index is 15.0. The Labute approximate surface area is 629 Å². The predicted molar refractivity (Wildman–Crippen MR) is 397 cm³/mol. The third-order valence-corrected chi connectivity index (χ3v) is 19.3. The van der Waals surface area contributed by atoms with E-state index in [1.807, 2.05) is 13.8 Å². The van der Waals surface area contributed by atoms with Crippen LogP contribution >= 0.6 is 0 Å². The molecule has 0 saturated carbocycles. The number of hydrogen-bond donors (Lipinski definition) is 15. The van der Waals surface area contributed by atoms with Crippen molar-refractivity contribution in [2.24, 2.45) is 47.2 Å². The molecule has 32 heteroatoms. The zero-order valence-corrected chi connectivity index (χ0v) is 65.4. The topological polar surface area (TPSA) is 479 Å². The van der Waals surface area contributed by atoms with E-state index in [0.29, 0.717) is 24.3 Å². The van der Waals surface area contributed by atoms with E-state index in [2.05, 4.69) is 63.8 Å². The minimum atomic E-state index is -1.85. The average molecular weight is 1510 g/mol. The van der Waals surface area contributed by atoms with Gasteiger partial charge in [0.15, 0.2) is 0 Å². The monoisotopic (exact) mass is 1510 g/mol. The van der Waals surface area contributed by atoms with Crippen LogP contribution in [-0.2, 0) is 83.1 Å². The molecule has 32 nitrogen and oxygen atoms in total. The van der Waals surface area contributed by atoms with Gasteiger partial charge in [0.1, 0.15) is 84.3 Å². The minimum Gasteiger partial charge on any atom is -0.481 e. The van der Waals surface area contributed by atoms with Gasteiger partial charge in [-0.05, 0) is 113 Å². The SMILES string of the molecule is C/C=C1\NC(=O)[C@H](Cc2ccccc2)NC(=O)[C@@H](C(C)C)NC(=O)[C@@H]([C@H](C)CC)NC(=O)[C@H](NC(=O)[C@H](NC(=O)[C@H](CCCN)NC(=O)[C@H]2CCCN2C(=O)[C@H](NC(=O)[C@H](CCC(=O)O)NC(=O)[C@@H](NC(=O)[C@H](NC(=O)CCCC(C)C)C(C)C)[C@@H](C)O)C(C)C)[C@H](C)CC)[C@H](C)OC(=O)[C@H](C(C)C)NC1=O. The molecule has 13 amide bonds. The Morgan fingerprint density at radius 2 is 1.19 bits per heavy atom. The highest BCUT2D eigenvalue weighted by molar-refractivity contribution is 6.03. The molecule has 0 unspecified atom stereocenters. The van der Waals surface area contributed by atoms with Crippen LogP contribution < -0.4 is 69.5 Å². The molecule has 1 aromatic rings. The van der Waals surface area contributed by atoms with Crippen molar-refractivity contribution in [1.82, 2.24) is 68.7 Å². The van der Waals surface area contributed by atoms with Gasteiger partial charge in [0, 0.05) is 25.8 Å². The number of aliphatic hydroxyl groups is 1. The molecule has 0 bridgehead atoms. The van der Waals surface area contributed by atoms with Gasteiger partial charge >= 0.3 is 11.9 Å². The molecule has 2 aliphatic rings. The summed E-state index contributed by atoms with van der Waals surface area (Å²) in [5.74, 6) is -17.0. The molecule has 107 heavy (non-hydrogen) atoms. The van der Waals surface area contributed by atoms with E-state index < -0.39 is 222 Å². The summed E-state index contributed by atoms with van der Waals surface area (Å²) in [4.78, 5) is 214. The van der Waals surface area contributed by atoms with Crippen molar-refractivity contribution in [2.75, 3.05) is 13.1 Å². The third-order valence-electron chi connectivity index (χ3n) is 19.3. The van der Waals surface area contributed by atoms with E-state index in [1.165, 1.54) is 31.7 Å². The molecule has 600 valence electrons. The summed E-state index contributed by atoms with van der Waals surface area (Å²) in [6.45, 7) is 27.8. The van der Waals surface area contributed by atoms with E-state index >= 15 is 9.59 Å². The number of allylic oxidation sites excluding steroid dienone is 1. The molecule has 0 aliphatic carbocycles. The number of nitrogens with zero attached hydrogens (tertiary/aromatic N) is 1. The second kappa shape index (κ2) is 44.9. The fourth-order valence-corrected chi connectivity index (χ4v) is 12.2. The lowest BCUT2D eigenvalue weighted by Crippen LogP contribution is -2.64. The summed E-state index contributed by atoms with van der Waals surface area (Å²) in [5, 5.41) is 52.2. The maximum absolute atomic E-state index is 15.0. The van der Waals surface area contributed by atoms with Gasteiger partial charge in [-0.3, -0.25) is 67.1 Å². The van der Waals surface area contributed by atoms with Crippen LogP contribution in [0.4, 0.5) is 0 Å². The number of likely N-dealkylation sites (tertiary alicyclic amines) is 1. The molecule has 16 atom stereocenters. The maximum Gasteiger partial charge on any atom is 0.329 e. The van der Waals surface area contributed by atoms with Crippen LogP contribution in [0, 0.1) is 41.4 Å². The first-order valence-corrected chi connectivity index (χ1v) is 37.7. The van der Waals surface area contributed by atoms with E-state index in [1.54, 1.807) is 113 Å². The molecular formula is C75H122N14O18. The lowest BCUT2D eigenvalue weighted by Gasteiger charge is -2.33. The number of carboxylic acids is 1.